The van der Waals surface area contributed by atoms with E-state index in [1.54, 1.807) is 0 Å². The number of benzene rings is 2. The second-order valence-corrected chi connectivity index (χ2v) is 5.85. The molecule has 0 aliphatic heterocycles. The molecule has 20 heavy (non-hydrogen) atoms. The maximum Gasteiger partial charge on any atom is 0.348 e. The van der Waals surface area contributed by atoms with Crippen LogP contribution in [-0.2, 0) is 4.74 Å². The van der Waals surface area contributed by atoms with Crippen LogP contribution in [0.3, 0.4) is 0 Å². The lowest BCUT2D eigenvalue weighted by Gasteiger charge is -2.03. The Hall–Kier alpha value is -1.84. The highest BCUT2D eigenvalue weighted by Gasteiger charge is 2.13. The van der Waals surface area contributed by atoms with E-state index in [1.807, 2.05) is 48.5 Å². The molecule has 100 valence electrons. The van der Waals surface area contributed by atoms with Crippen LogP contribution >= 0.6 is 22.9 Å². The number of hydrogen-bond acceptors (Lipinski definition) is 3. The van der Waals surface area contributed by atoms with Gasteiger partial charge in [-0.1, -0.05) is 35.9 Å². The number of fused-ring (bicyclic) bond motifs is 1. The molecule has 2 aromatic carbocycles. The number of ether oxygens (including phenoxy) is 1. The first-order chi connectivity index (χ1) is 9.69. The van der Waals surface area contributed by atoms with Gasteiger partial charge in [0.15, 0.2) is 0 Å². The average molecular weight is 303 g/mol. The Morgan fingerprint density at radius 2 is 1.90 bits per heavy atom. The van der Waals surface area contributed by atoms with Crippen LogP contribution in [0.5, 0.6) is 0 Å². The van der Waals surface area contributed by atoms with Crippen LogP contribution in [-0.4, -0.2) is 13.1 Å². The van der Waals surface area contributed by atoms with E-state index in [-0.39, 0.29) is 5.97 Å². The molecule has 0 atom stereocenters. The molecule has 0 radical (unpaired) electrons. The van der Waals surface area contributed by atoms with Crippen LogP contribution in [0, 0.1) is 0 Å². The molecule has 2 nitrogen and oxygen atoms in total. The zero-order chi connectivity index (χ0) is 14.1. The van der Waals surface area contributed by atoms with Crippen LogP contribution in [0.4, 0.5) is 0 Å². The van der Waals surface area contributed by atoms with Crippen LogP contribution < -0.4 is 0 Å². The van der Waals surface area contributed by atoms with Crippen LogP contribution in [0.25, 0.3) is 21.2 Å². The van der Waals surface area contributed by atoms with Crippen molar-refractivity contribution in [1.82, 2.24) is 0 Å². The number of rotatable bonds is 2. The van der Waals surface area contributed by atoms with Crippen molar-refractivity contribution in [2.75, 3.05) is 7.11 Å². The molecule has 0 unspecified atom stereocenters. The molecular weight excluding hydrogens is 292 g/mol. The molecule has 4 heteroatoms. The van der Waals surface area contributed by atoms with Gasteiger partial charge in [0, 0.05) is 15.1 Å². The molecule has 0 saturated carbocycles. The van der Waals surface area contributed by atoms with Crippen molar-refractivity contribution in [2.45, 2.75) is 0 Å². The first-order valence-corrected chi connectivity index (χ1v) is 7.25. The normalized spacial score (nSPS) is 10.7. The Labute approximate surface area is 125 Å². The van der Waals surface area contributed by atoms with Crippen molar-refractivity contribution in [3.05, 3.63) is 58.4 Å². The van der Waals surface area contributed by atoms with Gasteiger partial charge in [-0.3, -0.25) is 0 Å². The van der Waals surface area contributed by atoms with E-state index in [2.05, 4.69) is 0 Å². The molecule has 0 amide bonds. The van der Waals surface area contributed by atoms with Gasteiger partial charge >= 0.3 is 5.97 Å². The Morgan fingerprint density at radius 1 is 1.15 bits per heavy atom. The standard InChI is InChI=1S/C16H11ClO2S/c1-19-16(18)15-9-13-12(3-2-4-14(13)20-15)10-5-7-11(17)8-6-10/h2-9H,1H3. The van der Waals surface area contributed by atoms with Crippen molar-refractivity contribution in [3.8, 4) is 11.1 Å². The van der Waals surface area contributed by atoms with Gasteiger partial charge in [-0.2, -0.15) is 0 Å². The fourth-order valence-electron chi connectivity index (χ4n) is 2.14. The number of methoxy groups -OCH3 is 1. The smallest absolute Gasteiger partial charge is 0.348 e. The lowest BCUT2D eigenvalue weighted by Crippen LogP contribution is -1.96. The van der Waals surface area contributed by atoms with Gasteiger partial charge in [0.25, 0.3) is 0 Å². The first kappa shape index (κ1) is 13.2. The molecule has 0 N–H and O–H groups in total. The minimum absolute atomic E-state index is 0.298. The molecule has 0 aliphatic rings. The topological polar surface area (TPSA) is 26.3 Å². The van der Waals surface area contributed by atoms with E-state index in [9.17, 15) is 4.79 Å². The summed E-state index contributed by atoms with van der Waals surface area (Å²) in [6.45, 7) is 0. The Bertz CT molecular complexity index is 775. The second-order valence-electron chi connectivity index (χ2n) is 4.33. The number of esters is 1. The number of thiophene rings is 1. The molecule has 3 rings (SSSR count). The molecule has 0 aliphatic carbocycles. The van der Waals surface area contributed by atoms with Gasteiger partial charge in [-0.05, 0) is 35.4 Å². The fourth-order valence-corrected chi connectivity index (χ4v) is 3.28. The van der Waals surface area contributed by atoms with Gasteiger partial charge in [0.2, 0.25) is 0 Å². The Morgan fingerprint density at radius 3 is 2.60 bits per heavy atom. The van der Waals surface area contributed by atoms with E-state index in [1.165, 1.54) is 18.4 Å². The Kier molecular flexibility index (Phi) is 3.47. The van der Waals surface area contributed by atoms with E-state index < -0.39 is 0 Å². The third-order valence-corrected chi connectivity index (χ3v) is 4.44. The molecule has 1 aromatic heterocycles. The summed E-state index contributed by atoms with van der Waals surface area (Å²) in [5.74, 6) is -0.298. The summed E-state index contributed by atoms with van der Waals surface area (Å²) >= 11 is 7.36. The SMILES string of the molecule is COC(=O)c1cc2c(-c3ccc(Cl)cc3)cccc2s1. The summed E-state index contributed by atoms with van der Waals surface area (Å²) in [7, 11) is 1.40. The van der Waals surface area contributed by atoms with Crippen molar-refractivity contribution in [3.63, 3.8) is 0 Å². The summed E-state index contributed by atoms with van der Waals surface area (Å²) in [6.07, 6.45) is 0. The van der Waals surface area contributed by atoms with E-state index in [0.717, 1.165) is 21.2 Å². The predicted molar refractivity (Wildman–Crippen MR) is 83.6 cm³/mol. The number of carbonyl (C=O) groups excluding carboxylic acids is 1. The summed E-state index contributed by atoms with van der Waals surface area (Å²) in [6, 6.07) is 15.6. The van der Waals surface area contributed by atoms with Crippen molar-refractivity contribution < 1.29 is 9.53 Å². The van der Waals surface area contributed by atoms with E-state index in [0.29, 0.717) is 9.90 Å². The summed E-state index contributed by atoms with van der Waals surface area (Å²) in [5, 5.41) is 1.77. The minimum Gasteiger partial charge on any atom is -0.465 e. The summed E-state index contributed by atoms with van der Waals surface area (Å²) in [5.41, 5.74) is 2.17. The fraction of sp³-hybridized carbons (Fsp3) is 0.0625. The third kappa shape index (κ3) is 2.30. The Balaban J connectivity index is 2.18. The van der Waals surface area contributed by atoms with Crippen molar-refractivity contribution >= 4 is 39.0 Å². The molecular formula is C16H11ClO2S. The van der Waals surface area contributed by atoms with Crippen molar-refractivity contribution in [2.24, 2.45) is 0 Å². The maximum absolute atomic E-state index is 11.6. The number of carbonyl (C=O) groups is 1. The molecule has 3 aromatic rings. The highest BCUT2D eigenvalue weighted by atomic mass is 35.5. The summed E-state index contributed by atoms with van der Waals surface area (Å²) in [4.78, 5) is 12.3. The minimum atomic E-state index is -0.298. The second kappa shape index (κ2) is 5.27. The first-order valence-electron chi connectivity index (χ1n) is 6.06. The van der Waals surface area contributed by atoms with E-state index in [4.69, 9.17) is 16.3 Å². The van der Waals surface area contributed by atoms with Gasteiger partial charge < -0.3 is 4.74 Å². The van der Waals surface area contributed by atoms with Crippen LogP contribution in [0.15, 0.2) is 48.5 Å². The van der Waals surface area contributed by atoms with Gasteiger partial charge in [0.1, 0.15) is 4.88 Å². The van der Waals surface area contributed by atoms with Gasteiger partial charge in [0.05, 0.1) is 7.11 Å². The third-order valence-electron chi connectivity index (χ3n) is 3.10. The molecule has 0 spiro atoms. The number of halogens is 1. The predicted octanol–water partition coefficient (Wildman–Crippen LogP) is 5.01. The lowest BCUT2D eigenvalue weighted by atomic mass is 10.0. The largest absolute Gasteiger partial charge is 0.465 e. The van der Waals surface area contributed by atoms with Crippen LogP contribution in [0.2, 0.25) is 5.02 Å². The average Bonchev–Trinajstić information content (AvgIpc) is 2.91. The van der Waals surface area contributed by atoms with Crippen molar-refractivity contribution in [1.29, 1.82) is 0 Å². The van der Waals surface area contributed by atoms with Crippen LogP contribution in [0.1, 0.15) is 9.67 Å². The molecule has 0 bridgehead atoms. The number of hydrogen-bond donors (Lipinski definition) is 0. The molecule has 1 heterocycles. The maximum atomic E-state index is 11.6. The highest BCUT2D eigenvalue weighted by Crippen LogP contribution is 2.34. The zero-order valence-electron chi connectivity index (χ0n) is 10.7. The van der Waals surface area contributed by atoms with Gasteiger partial charge in [-0.25, -0.2) is 4.79 Å². The zero-order valence-corrected chi connectivity index (χ0v) is 12.3. The van der Waals surface area contributed by atoms with Gasteiger partial charge in [-0.15, -0.1) is 11.3 Å². The van der Waals surface area contributed by atoms with E-state index >= 15 is 0 Å². The lowest BCUT2D eigenvalue weighted by molar-refractivity contribution is 0.0606. The monoisotopic (exact) mass is 302 g/mol. The summed E-state index contributed by atoms with van der Waals surface area (Å²) < 4.78 is 5.85. The highest BCUT2D eigenvalue weighted by molar-refractivity contribution is 7.20. The quantitative estimate of drug-likeness (QED) is 0.622. The molecule has 0 fully saturated rings. The molecule has 0 saturated heterocycles.